The van der Waals surface area contributed by atoms with Crippen LogP contribution in [0.5, 0.6) is 5.75 Å². The van der Waals surface area contributed by atoms with E-state index in [9.17, 15) is 15.8 Å². The molecule has 6 heteroatoms. The number of hydrogen-bond donors (Lipinski definition) is 2. The van der Waals surface area contributed by atoms with Crippen LogP contribution in [0.15, 0.2) is 35.9 Å². The highest BCUT2D eigenvalue weighted by molar-refractivity contribution is 6.00. The predicted octanol–water partition coefficient (Wildman–Crippen LogP) is 1.84. The highest BCUT2D eigenvalue weighted by Crippen LogP contribution is 2.52. The fraction of sp³-hybridized carbons (Fsp3) is 0.455. The molecule has 28 heavy (non-hydrogen) atoms. The van der Waals surface area contributed by atoms with Crippen LogP contribution in [0, 0.1) is 56.7 Å². The van der Waals surface area contributed by atoms with Crippen molar-refractivity contribution in [3.63, 3.8) is 0 Å². The lowest BCUT2D eigenvalue weighted by Crippen LogP contribution is -3.13. The third-order valence-electron chi connectivity index (χ3n) is 6.02. The molecule has 1 heterocycles. The minimum absolute atomic E-state index is 0.103. The normalized spacial score (nSPS) is 28.1. The van der Waals surface area contributed by atoms with E-state index in [0.29, 0.717) is 5.75 Å². The summed E-state index contributed by atoms with van der Waals surface area (Å²) in [4.78, 5) is 1.37. The summed E-state index contributed by atoms with van der Waals surface area (Å²) in [5, 5.41) is 38.5. The lowest BCUT2D eigenvalue weighted by atomic mass is 9.54. The van der Waals surface area contributed by atoms with Crippen molar-refractivity contribution in [2.24, 2.45) is 17.3 Å². The van der Waals surface area contributed by atoms with Crippen LogP contribution >= 0.6 is 0 Å². The summed E-state index contributed by atoms with van der Waals surface area (Å²) in [7, 11) is 1.58. The fourth-order valence-electron chi connectivity index (χ4n) is 4.73. The second kappa shape index (κ2) is 7.85. The Bertz CT molecular complexity index is 915. The summed E-state index contributed by atoms with van der Waals surface area (Å²) in [6.07, 6.45) is 3.10. The molecule has 0 spiro atoms. The minimum Gasteiger partial charge on any atom is -0.497 e. The van der Waals surface area contributed by atoms with Crippen molar-refractivity contribution in [2.75, 3.05) is 26.7 Å². The van der Waals surface area contributed by atoms with Crippen LogP contribution < -0.4 is 9.64 Å². The van der Waals surface area contributed by atoms with E-state index in [1.807, 2.05) is 24.3 Å². The molecule has 1 aromatic carbocycles. The molecule has 2 N–H and O–H groups in total. The second-order valence-electron chi connectivity index (χ2n) is 7.48. The highest BCUT2D eigenvalue weighted by atomic mass is 16.5. The molecule has 2 unspecified atom stereocenters. The van der Waals surface area contributed by atoms with Gasteiger partial charge in [-0.2, -0.15) is 15.8 Å². The van der Waals surface area contributed by atoms with E-state index < -0.39 is 17.3 Å². The van der Waals surface area contributed by atoms with E-state index in [1.165, 1.54) is 4.90 Å². The third kappa shape index (κ3) is 2.95. The fourth-order valence-corrected chi connectivity index (χ4v) is 4.73. The van der Waals surface area contributed by atoms with Gasteiger partial charge in [0.15, 0.2) is 5.41 Å². The predicted molar refractivity (Wildman–Crippen MR) is 104 cm³/mol. The molecule has 0 saturated heterocycles. The number of hydrogen-bond acceptors (Lipinski definition) is 5. The van der Waals surface area contributed by atoms with E-state index >= 15 is 0 Å². The van der Waals surface area contributed by atoms with E-state index in [0.717, 1.165) is 37.2 Å². The van der Waals surface area contributed by atoms with Crippen molar-refractivity contribution in [1.29, 1.82) is 21.2 Å². The number of nitrogens with one attached hydrogen (secondary N) is 2. The summed E-state index contributed by atoms with van der Waals surface area (Å²) in [6.45, 7) is 4.68. The Morgan fingerprint density at radius 1 is 1.29 bits per heavy atom. The maximum Gasteiger partial charge on any atom is 0.189 e. The van der Waals surface area contributed by atoms with Crippen LogP contribution in [0.4, 0.5) is 0 Å². The Hall–Kier alpha value is -3.14. The van der Waals surface area contributed by atoms with Crippen LogP contribution in [0.2, 0.25) is 0 Å². The highest BCUT2D eigenvalue weighted by Gasteiger charge is 2.58. The van der Waals surface area contributed by atoms with Crippen molar-refractivity contribution in [3.8, 4) is 24.0 Å². The molecular formula is C22H24N5O+. The zero-order valence-electron chi connectivity index (χ0n) is 16.2. The van der Waals surface area contributed by atoms with Crippen molar-refractivity contribution in [1.82, 2.24) is 0 Å². The maximum atomic E-state index is 10.1. The van der Waals surface area contributed by atoms with Crippen molar-refractivity contribution in [3.05, 3.63) is 41.5 Å². The number of fused-ring (bicyclic) bond motifs is 1. The van der Waals surface area contributed by atoms with Crippen LogP contribution in [-0.4, -0.2) is 32.5 Å². The molecule has 3 rings (SSSR count). The number of rotatable bonds is 4. The van der Waals surface area contributed by atoms with Gasteiger partial charge in [-0.1, -0.05) is 19.1 Å². The standard InChI is InChI=1S/C22H23N5O/c1-3-8-27-9-7-17-18(11-23)21(26)22(13-24,14-25)20(19(17)12-27)15-5-4-6-16(10-15)28-2/h4-7,10,18-20,26H,3,8-9,12H2,1-2H3/p+1/t18?,19-,20-/m0/s1. The van der Waals surface area contributed by atoms with Crippen LogP contribution in [0.3, 0.4) is 0 Å². The Labute approximate surface area is 165 Å². The number of nitriles is 3. The van der Waals surface area contributed by atoms with Gasteiger partial charge in [0.25, 0.3) is 0 Å². The largest absolute Gasteiger partial charge is 0.497 e. The molecule has 1 aromatic rings. The number of nitrogens with zero attached hydrogens (tertiary/aromatic N) is 3. The smallest absolute Gasteiger partial charge is 0.189 e. The molecule has 2 aliphatic rings. The van der Waals surface area contributed by atoms with Gasteiger partial charge in [0.2, 0.25) is 0 Å². The summed E-state index contributed by atoms with van der Waals surface area (Å²) in [5.74, 6) is -0.807. The van der Waals surface area contributed by atoms with Gasteiger partial charge >= 0.3 is 0 Å². The monoisotopic (exact) mass is 374 g/mol. The van der Waals surface area contributed by atoms with E-state index in [4.69, 9.17) is 10.1 Å². The van der Waals surface area contributed by atoms with Gasteiger partial charge in [0.1, 0.15) is 11.7 Å². The van der Waals surface area contributed by atoms with E-state index in [2.05, 4.69) is 31.2 Å². The first-order valence-corrected chi connectivity index (χ1v) is 9.54. The summed E-state index contributed by atoms with van der Waals surface area (Å²) in [5.41, 5.74) is -0.0727. The van der Waals surface area contributed by atoms with Crippen LogP contribution in [0.1, 0.15) is 24.8 Å². The van der Waals surface area contributed by atoms with Gasteiger partial charge in [0, 0.05) is 11.8 Å². The molecule has 6 nitrogen and oxygen atoms in total. The number of benzene rings is 1. The van der Waals surface area contributed by atoms with Crippen molar-refractivity contribution in [2.45, 2.75) is 19.3 Å². The van der Waals surface area contributed by atoms with Gasteiger partial charge in [0.05, 0.1) is 50.7 Å². The topological polar surface area (TPSA) is 109 Å². The molecular weight excluding hydrogens is 350 g/mol. The van der Waals surface area contributed by atoms with E-state index in [-0.39, 0.29) is 11.6 Å². The van der Waals surface area contributed by atoms with Gasteiger partial charge in [-0.05, 0) is 35.8 Å². The first-order chi connectivity index (χ1) is 13.6. The van der Waals surface area contributed by atoms with E-state index in [1.54, 1.807) is 7.11 Å². The molecule has 1 fully saturated rings. The number of methoxy groups -OCH3 is 1. The van der Waals surface area contributed by atoms with Gasteiger partial charge in [-0.25, -0.2) is 0 Å². The van der Waals surface area contributed by atoms with Crippen molar-refractivity contribution >= 4 is 5.71 Å². The molecule has 1 aliphatic heterocycles. The molecule has 1 aliphatic carbocycles. The molecule has 0 aromatic heterocycles. The average Bonchev–Trinajstić information content (AvgIpc) is 2.73. The third-order valence-corrected chi connectivity index (χ3v) is 6.02. The van der Waals surface area contributed by atoms with Gasteiger partial charge < -0.3 is 15.0 Å². The molecule has 1 saturated carbocycles. The maximum absolute atomic E-state index is 10.1. The summed E-state index contributed by atoms with van der Waals surface area (Å²) >= 11 is 0. The average molecular weight is 374 g/mol. The van der Waals surface area contributed by atoms with Gasteiger partial charge in [-0.15, -0.1) is 0 Å². The second-order valence-corrected chi connectivity index (χ2v) is 7.48. The molecule has 0 radical (unpaired) electrons. The first-order valence-electron chi connectivity index (χ1n) is 9.54. The molecule has 0 bridgehead atoms. The lowest BCUT2D eigenvalue weighted by Gasteiger charge is -2.46. The molecule has 0 amide bonds. The molecule has 142 valence electrons. The minimum atomic E-state index is -1.66. The molecule has 4 atom stereocenters. The SMILES string of the molecule is CCC[NH+]1CC=C2C(C#N)C(=N)C(C#N)(C#N)[C@@H](c3cccc(OC)c3)[C@H]2C1. The number of quaternary nitrogens is 1. The summed E-state index contributed by atoms with van der Waals surface area (Å²) < 4.78 is 5.35. The number of ether oxygens (including phenoxy) is 1. The zero-order chi connectivity index (χ0) is 20.3. The Morgan fingerprint density at radius 3 is 2.64 bits per heavy atom. The Morgan fingerprint density at radius 2 is 2.04 bits per heavy atom. The quantitative estimate of drug-likeness (QED) is 0.784. The zero-order valence-corrected chi connectivity index (χ0v) is 16.2. The lowest BCUT2D eigenvalue weighted by molar-refractivity contribution is -0.899. The van der Waals surface area contributed by atoms with Crippen LogP contribution in [0.25, 0.3) is 0 Å². The summed E-state index contributed by atoms with van der Waals surface area (Å²) in [6, 6.07) is 13.9. The Balaban J connectivity index is 2.22. The van der Waals surface area contributed by atoms with Crippen molar-refractivity contribution < 1.29 is 9.64 Å². The van der Waals surface area contributed by atoms with Gasteiger partial charge in [-0.3, -0.25) is 0 Å². The Kier molecular flexibility index (Phi) is 5.50. The van der Waals surface area contributed by atoms with Crippen LogP contribution in [-0.2, 0) is 0 Å². The first kappa shape index (κ1) is 19.6.